The normalized spacial score (nSPS) is 11.6. The van der Waals surface area contributed by atoms with Gasteiger partial charge in [-0.05, 0) is 28.7 Å². The third kappa shape index (κ3) is 4.19. The van der Waals surface area contributed by atoms with Crippen molar-refractivity contribution in [2.24, 2.45) is 11.1 Å². The molecule has 0 aliphatic rings. The van der Waals surface area contributed by atoms with Gasteiger partial charge in [0.05, 0.1) is 0 Å². The molecule has 0 saturated carbocycles. The Balaban J connectivity index is 1.92. The third-order valence-electron chi connectivity index (χ3n) is 3.55. The molecule has 2 nitrogen and oxygen atoms in total. The smallest absolute Gasteiger partial charge is 0.0205 e. The predicted octanol–water partition coefficient (Wildman–Crippen LogP) is 3.43. The van der Waals surface area contributed by atoms with Crippen LogP contribution in [0.1, 0.15) is 19.4 Å². The first-order valence-corrected chi connectivity index (χ1v) is 7.16. The number of hydrogen-bond donors (Lipinski definition) is 2. The highest BCUT2D eigenvalue weighted by molar-refractivity contribution is 5.63. The number of nitrogens with two attached hydrogens (primary N) is 1. The van der Waals surface area contributed by atoms with Crippen LogP contribution in [0.3, 0.4) is 0 Å². The van der Waals surface area contributed by atoms with E-state index >= 15 is 0 Å². The average molecular weight is 268 g/mol. The van der Waals surface area contributed by atoms with E-state index in [1.165, 1.54) is 16.7 Å². The van der Waals surface area contributed by atoms with Gasteiger partial charge < -0.3 is 11.1 Å². The number of benzene rings is 2. The van der Waals surface area contributed by atoms with Crippen LogP contribution in [0.5, 0.6) is 0 Å². The molecule has 0 bridgehead atoms. The minimum Gasteiger partial charge on any atom is -0.330 e. The molecular formula is C18H24N2. The molecule has 2 heteroatoms. The minimum atomic E-state index is 0.157. The fourth-order valence-corrected chi connectivity index (χ4v) is 2.06. The third-order valence-corrected chi connectivity index (χ3v) is 3.55. The van der Waals surface area contributed by atoms with E-state index in [9.17, 15) is 0 Å². The first kappa shape index (κ1) is 14.8. The molecule has 0 aliphatic carbocycles. The molecule has 2 aromatic carbocycles. The maximum absolute atomic E-state index is 5.73. The molecule has 2 rings (SSSR count). The number of hydrogen-bond acceptors (Lipinski definition) is 2. The Morgan fingerprint density at radius 3 is 2.10 bits per heavy atom. The fraction of sp³-hybridized carbons (Fsp3) is 0.333. The summed E-state index contributed by atoms with van der Waals surface area (Å²) in [7, 11) is 0. The monoisotopic (exact) mass is 268 g/mol. The van der Waals surface area contributed by atoms with Crippen molar-refractivity contribution >= 4 is 0 Å². The Labute approximate surface area is 122 Å². The van der Waals surface area contributed by atoms with E-state index in [-0.39, 0.29) is 5.41 Å². The fourth-order valence-electron chi connectivity index (χ4n) is 2.06. The number of nitrogens with one attached hydrogen (secondary N) is 1. The SMILES string of the molecule is CC(C)(CN)CNCc1ccc(-c2ccccc2)cc1. The lowest BCUT2D eigenvalue weighted by Crippen LogP contribution is -2.35. The molecule has 0 amide bonds. The second-order valence-electron chi connectivity index (χ2n) is 6.03. The molecule has 106 valence electrons. The Hall–Kier alpha value is -1.64. The summed E-state index contributed by atoms with van der Waals surface area (Å²) in [5.74, 6) is 0. The van der Waals surface area contributed by atoms with Crippen LogP contribution in [-0.4, -0.2) is 13.1 Å². The first-order chi connectivity index (χ1) is 9.61. The van der Waals surface area contributed by atoms with Crippen molar-refractivity contribution in [3.8, 4) is 11.1 Å². The summed E-state index contributed by atoms with van der Waals surface area (Å²) in [5.41, 5.74) is 9.71. The largest absolute Gasteiger partial charge is 0.330 e. The van der Waals surface area contributed by atoms with E-state index in [1.807, 2.05) is 6.07 Å². The van der Waals surface area contributed by atoms with Crippen molar-refractivity contribution < 1.29 is 0 Å². The van der Waals surface area contributed by atoms with Gasteiger partial charge in [0.25, 0.3) is 0 Å². The zero-order valence-corrected chi connectivity index (χ0v) is 12.4. The van der Waals surface area contributed by atoms with E-state index in [1.54, 1.807) is 0 Å². The highest BCUT2D eigenvalue weighted by atomic mass is 14.9. The maximum Gasteiger partial charge on any atom is 0.0205 e. The molecule has 3 N–H and O–H groups in total. The van der Waals surface area contributed by atoms with Gasteiger partial charge in [0.1, 0.15) is 0 Å². The summed E-state index contributed by atoms with van der Waals surface area (Å²) in [6.45, 7) is 6.88. The topological polar surface area (TPSA) is 38.0 Å². The second-order valence-corrected chi connectivity index (χ2v) is 6.03. The van der Waals surface area contributed by atoms with Gasteiger partial charge in [-0.15, -0.1) is 0 Å². The number of rotatable bonds is 6. The lowest BCUT2D eigenvalue weighted by atomic mass is 9.94. The maximum atomic E-state index is 5.73. The molecule has 0 fully saturated rings. The summed E-state index contributed by atoms with van der Waals surface area (Å²) < 4.78 is 0. The van der Waals surface area contributed by atoms with Gasteiger partial charge in [-0.3, -0.25) is 0 Å². The van der Waals surface area contributed by atoms with Gasteiger partial charge in [0.2, 0.25) is 0 Å². The molecule has 0 saturated heterocycles. The molecular weight excluding hydrogens is 244 g/mol. The summed E-state index contributed by atoms with van der Waals surface area (Å²) >= 11 is 0. The van der Waals surface area contributed by atoms with Gasteiger partial charge in [-0.25, -0.2) is 0 Å². The van der Waals surface area contributed by atoms with E-state index in [0.717, 1.165) is 13.1 Å². The van der Waals surface area contributed by atoms with Crippen molar-refractivity contribution in [2.45, 2.75) is 20.4 Å². The molecule has 0 spiro atoms. The molecule has 0 radical (unpaired) electrons. The van der Waals surface area contributed by atoms with Gasteiger partial charge >= 0.3 is 0 Å². The van der Waals surface area contributed by atoms with Crippen molar-refractivity contribution in [1.29, 1.82) is 0 Å². The van der Waals surface area contributed by atoms with Crippen molar-refractivity contribution in [3.63, 3.8) is 0 Å². The standard InChI is InChI=1S/C18H24N2/c1-18(2,13-19)14-20-12-15-8-10-17(11-9-15)16-6-4-3-5-7-16/h3-11,20H,12-14,19H2,1-2H3. The van der Waals surface area contributed by atoms with E-state index in [4.69, 9.17) is 5.73 Å². The summed E-state index contributed by atoms with van der Waals surface area (Å²) in [4.78, 5) is 0. The Bertz CT molecular complexity index is 515. The van der Waals surface area contributed by atoms with Crippen molar-refractivity contribution in [1.82, 2.24) is 5.32 Å². The lowest BCUT2D eigenvalue weighted by molar-refractivity contribution is 0.351. The minimum absolute atomic E-state index is 0.157. The average Bonchev–Trinajstić information content (AvgIpc) is 2.49. The highest BCUT2D eigenvalue weighted by Gasteiger charge is 2.14. The van der Waals surface area contributed by atoms with Crippen LogP contribution >= 0.6 is 0 Å². The van der Waals surface area contributed by atoms with Gasteiger partial charge in [-0.2, -0.15) is 0 Å². The van der Waals surface area contributed by atoms with E-state index in [0.29, 0.717) is 6.54 Å². The Morgan fingerprint density at radius 1 is 0.900 bits per heavy atom. The van der Waals surface area contributed by atoms with Crippen LogP contribution in [0.15, 0.2) is 54.6 Å². The predicted molar refractivity (Wildman–Crippen MR) is 86.4 cm³/mol. The van der Waals surface area contributed by atoms with Crippen molar-refractivity contribution in [2.75, 3.05) is 13.1 Å². The van der Waals surface area contributed by atoms with E-state index < -0.39 is 0 Å². The molecule has 0 aromatic heterocycles. The summed E-state index contributed by atoms with van der Waals surface area (Å²) in [5, 5.41) is 3.47. The van der Waals surface area contributed by atoms with Crippen LogP contribution < -0.4 is 11.1 Å². The van der Waals surface area contributed by atoms with Crippen molar-refractivity contribution in [3.05, 3.63) is 60.2 Å². The molecule has 0 heterocycles. The van der Waals surface area contributed by atoms with Gasteiger partial charge in [0.15, 0.2) is 0 Å². The molecule has 0 atom stereocenters. The highest BCUT2D eigenvalue weighted by Crippen LogP contribution is 2.19. The van der Waals surface area contributed by atoms with Gasteiger partial charge in [-0.1, -0.05) is 68.4 Å². The van der Waals surface area contributed by atoms with E-state index in [2.05, 4.69) is 67.7 Å². The molecule has 0 unspecified atom stereocenters. The lowest BCUT2D eigenvalue weighted by Gasteiger charge is -2.22. The Kier molecular flexibility index (Phi) is 4.94. The summed E-state index contributed by atoms with van der Waals surface area (Å²) in [6, 6.07) is 19.2. The zero-order valence-electron chi connectivity index (χ0n) is 12.4. The van der Waals surface area contributed by atoms with Crippen LogP contribution in [-0.2, 0) is 6.54 Å². The van der Waals surface area contributed by atoms with Gasteiger partial charge in [0, 0.05) is 13.1 Å². The van der Waals surface area contributed by atoms with Crippen LogP contribution in [0.4, 0.5) is 0 Å². The zero-order chi connectivity index (χ0) is 14.4. The molecule has 2 aromatic rings. The molecule has 20 heavy (non-hydrogen) atoms. The first-order valence-electron chi connectivity index (χ1n) is 7.16. The molecule has 0 aliphatic heterocycles. The quantitative estimate of drug-likeness (QED) is 0.842. The van der Waals surface area contributed by atoms with Crippen LogP contribution in [0.25, 0.3) is 11.1 Å². The van der Waals surface area contributed by atoms with Crippen LogP contribution in [0.2, 0.25) is 0 Å². The second kappa shape index (κ2) is 6.69. The Morgan fingerprint density at radius 2 is 1.50 bits per heavy atom. The summed E-state index contributed by atoms with van der Waals surface area (Å²) in [6.07, 6.45) is 0. The van der Waals surface area contributed by atoms with Crippen LogP contribution in [0, 0.1) is 5.41 Å².